The van der Waals surface area contributed by atoms with Crippen LogP contribution in [-0.4, -0.2) is 101 Å². The standard InChI is InChI=1S/C40H45F3N6O6/c41-27-10-11-30(42)28(20-27)32-24-47(22-25-8-4-3-5-9-25)38(46-32)36(26-14-18-54-19-15-26)49-23-29-31(43)21-45-35(29)37(39(49)52)55-40(53)44-16-6-1-2-7-17-48-33(50)12-13-34(48)51/h3-5,8-13,20,24,26,29,31,35-37,45H,1-2,6-7,14-19,21-23H2,(H,44,53)/t29-,31-,35?,36+,37-/m0/s1. The molecule has 0 saturated carbocycles. The minimum absolute atomic E-state index is 0.00379. The molecule has 1 unspecified atom stereocenters. The topological polar surface area (TPSA) is 135 Å². The lowest BCUT2D eigenvalue weighted by Gasteiger charge is -2.45. The highest BCUT2D eigenvalue weighted by Gasteiger charge is 2.54. The number of carbonyl (C=O) groups excluding carboxylic acids is 4. The normalized spacial score (nSPS) is 23.4. The van der Waals surface area contributed by atoms with Crippen molar-refractivity contribution in [1.29, 1.82) is 0 Å². The zero-order chi connectivity index (χ0) is 38.5. The van der Waals surface area contributed by atoms with E-state index < -0.39 is 53.9 Å². The second-order valence-corrected chi connectivity index (χ2v) is 14.5. The van der Waals surface area contributed by atoms with E-state index in [4.69, 9.17) is 14.5 Å². The third kappa shape index (κ3) is 8.62. The van der Waals surface area contributed by atoms with Crippen LogP contribution in [0.25, 0.3) is 11.3 Å². The van der Waals surface area contributed by atoms with Gasteiger partial charge < -0.3 is 29.6 Å². The number of nitrogens with zero attached hydrogens (tertiary/aromatic N) is 4. The highest BCUT2D eigenvalue weighted by molar-refractivity contribution is 6.12. The molecule has 5 heterocycles. The Morgan fingerprint density at radius 1 is 1.00 bits per heavy atom. The SMILES string of the molecule is O=C(NCCCCCCN1C(=O)C=CC1=O)O[C@@H]1C(=O)N([C@@H](c2nc(-c3cc(F)ccc3F)cn2Cc2ccccc2)C2CCOCC2)C[C@@H]2C1NC[C@@H]2F. The molecule has 2 N–H and O–H groups in total. The number of likely N-dealkylation sites (tertiary alicyclic amines) is 1. The van der Waals surface area contributed by atoms with Gasteiger partial charge in [-0.1, -0.05) is 43.2 Å². The summed E-state index contributed by atoms with van der Waals surface area (Å²) >= 11 is 0. The number of alkyl carbamates (subject to hydrolysis) is 1. The summed E-state index contributed by atoms with van der Waals surface area (Å²) in [6.45, 7) is 1.80. The molecule has 0 aliphatic carbocycles. The van der Waals surface area contributed by atoms with Crippen molar-refractivity contribution >= 4 is 23.8 Å². The molecular weight excluding hydrogens is 717 g/mol. The first kappa shape index (κ1) is 38.3. The molecule has 55 heavy (non-hydrogen) atoms. The predicted molar refractivity (Wildman–Crippen MR) is 194 cm³/mol. The summed E-state index contributed by atoms with van der Waals surface area (Å²) in [5.41, 5.74) is 1.08. The molecule has 4 aliphatic rings. The molecule has 2 aromatic carbocycles. The summed E-state index contributed by atoms with van der Waals surface area (Å²) < 4.78 is 58.6. The van der Waals surface area contributed by atoms with E-state index in [-0.39, 0.29) is 48.6 Å². The fourth-order valence-electron chi connectivity index (χ4n) is 8.12. The zero-order valence-corrected chi connectivity index (χ0v) is 30.4. The van der Waals surface area contributed by atoms with Crippen LogP contribution in [0.4, 0.5) is 18.0 Å². The Bertz CT molecular complexity index is 1880. The third-order valence-electron chi connectivity index (χ3n) is 11.0. The summed E-state index contributed by atoms with van der Waals surface area (Å²) in [6.07, 6.45) is 4.53. The summed E-state index contributed by atoms with van der Waals surface area (Å²) in [4.78, 5) is 59.0. The summed E-state index contributed by atoms with van der Waals surface area (Å²) in [5, 5.41) is 5.79. The van der Waals surface area contributed by atoms with Crippen molar-refractivity contribution < 1.29 is 41.8 Å². The fourth-order valence-corrected chi connectivity index (χ4v) is 8.12. The fraction of sp³-hybridized carbons (Fsp3) is 0.475. The molecule has 12 nitrogen and oxygen atoms in total. The van der Waals surface area contributed by atoms with E-state index in [0.717, 1.165) is 36.6 Å². The lowest BCUT2D eigenvalue weighted by Crippen LogP contribution is -2.62. The maximum absolute atomic E-state index is 15.6. The van der Waals surface area contributed by atoms with E-state index in [1.165, 1.54) is 17.1 Å². The second-order valence-electron chi connectivity index (χ2n) is 14.5. The first-order valence-corrected chi connectivity index (χ1v) is 19.0. The average Bonchev–Trinajstić information content (AvgIpc) is 3.87. The molecule has 15 heteroatoms. The first-order valence-electron chi connectivity index (χ1n) is 19.0. The lowest BCUT2D eigenvalue weighted by molar-refractivity contribution is -0.155. The van der Waals surface area contributed by atoms with Gasteiger partial charge in [0.2, 0.25) is 0 Å². The molecule has 3 fully saturated rings. The van der Waals surface area contributed by atoms with Crippen LogP contribution in [0.1, 0.15) is 56.0 Å². The van der Waals surface area contributed by atoms with Crippen LogP contribution in [-0.2, 0) is 30.4 Å². The molecule has 3 saturated heterocycles. The smallest absolute Gasteiger partial charge is 0.407 e. The number of hydrogen-bond donors (Lipinski definition) is 2. The lowest BCUT2D eigenvalue weighted by atomic mass is 9.84. The Kier molecular flexibility index (Phi) is 12.0. The number of carbonyl (C=O) groups is 4. The summed E-state index contributed by atoms with van der Waals surface area (Å²) in [5.74, 6) is -2.84. The number of unbranched alkanes of at least 4 members (excludes halogenated alkanes) is 3. The number of piperidine rings is 1. The molecule has 4 amide bonds. The predicted octanol–water partition coefficient (Wildman–Crippen LogP) is 4.69. The summed E-state index contributed by atoms with van der Waals surface area (Å²) in [7, 11) is 0. The second kappa shape index (κ2) is 17.2. The van der Waals surface area contributed by atoms with Gasteiger partial charge in [0.25, 0.3) is 17.7 Å². The number of halogens is 3. The van der Waals surface area contributed by atoms with Gasteiger partial charge in [-0.2, -0.15) is 0 Å². The van der Waals surface area contributed by atoms with Gasteiger partial charge in [-0.05, 0) is 55.4 Å². The largest absolute Gasteiger partial charge is 0.434 e. The number of hydrogen-bond acceptors (Lipinski definition) is 8. The molecule has 7 rings (SSSR count). The number of rotatable bonds is 14. The van der Waals surface area contributed by atoms with Crippen molar-refractivity contribution in [1.82, 2.24) is 30.0 Å². The Morgan fingerprint density at radius 3 is 2.51 bits per heavy atom. The van der Waals surface area contributed by atoms with Crippen molar-refractivity contribution in [3.05, 3.63) is 89.9 Å². The van der Waals surface area contributed by atoms with Crippen LogP contribution in [0, 0.1) is 23.5 Å². The quantitative estimate of drug-likeness (QED) is 0.179. The van der Waals surface area contributed by atoms with Gasteiger partial charge in [0.05, 0.1) is 17.8 Å². The van der Waals surface area contributed by atoms with E-state index in [1.54, 1.807) is 11.1 Å². The molecule has 0 bridgehead atoms. The van der Waals surface area contributed by atoms with E-state index in [0.29, 0.717) is 57.8 Å². The Labute approximate surface area is 317 Å². The van der Waals surface area contributed by atoms with Crippen molar-refractivity contribution in [2.24, 2.45) is 11.8 Å². The Hall–Kier alpha value is -5.02. The van der Waals surface area contributed by atoms with Gasteiger partial charge in [-0.25, -0.2) is 22.9 Å². The van der Waals surface area contributed by atoms with Gasteiger partial charge in [0.1, 0.15) is 23.6 Å². The third-order valence-corrected chi connectivity index (χ3v) is 11.0. The number of imide groups is 1. The number of fused-ring (bicyclic) bond motifs is 1. The molecule has 292 valence electrons. The Morgan fingerprint density at radius 2 is 1.75 bits per heavy atom. The molecule has 0 radical (unpaired) electrons. The number of benzene rings is 2. The molecule has 1 aromatic heterocycles. The van der Waals surface area contributed by atoms with Crippen molar-refractivity contribution in [3.63, 3.8) is 0 Å². The van der Waals surface area contributed by atoms with Gasteiger partial charge in [-0.15, -0.1) is 0 Å². The van der Waals surface area contributed by atoms with E-state index >= 15 is 8.78 Å². The number of nitrogens with one attached hydrogen (secondary N) is 2. The Balaban J connectivity index is 1.11. The molecular formula is C40H45F3N6O6. The number of aromatic nitrogens is 2. The minimum atomic E-state index is -1.33. The van der Waals surface area contributed by atoms with Gasteiger partial charge >= 0.3 is 6.09 Å². The van der Waals surface area contributed by atoms with E-state index in [2.05, 4.69) is 10.6 Å². The van der Waals surface area contributed by atoms with Crippen LogP contribution in [0.3, 0.4) is 0 Å². The maximum Gasteiger partial charge on any atom is 0.407 e. The monoisotopic (exact) mass is 762 g/mol. The average molecular weight is 763 g/mol. The molecule has 3 aromatic rings. The first-order chi connectivity index (χ1) is 26.7. The number of imidazole rings is 1. The van der Waals surface area contributed by atoms with Crippen LogP contribution in [0.2, 0.25) is 0 Å². The van der Waals surface area contributed by atoms with Crippen molar-refractivity contribution in [3.8, 4) is 11.3 Å². The summed E-state index contributed by atoms with van der Waals surface area (Å²) in [6, 6.07) is 11.2. The van der Waals surface area contributed by atoms with Gasteiger partial charge in [-0.3, -0.25) is 19.3 Å². The van der Waals surface area contributed by atoms with Crippen LogP contribution >= 0.6 is 0 Å². The van der Waals surface area contributed by atoms with Gasteiger partial charge in [0.15, 0.2) is 6.10 Å². The zero-order valence-electron chi connectivity index (χ0n) is 30.4. The molecule has 0 spiro atoms. The number of ether oxygens (including phenoxy) is 2. The highest BCUT2D eigenvalue weighted by atomic mass is 19.1. The number of alkyl halides is 1. The van der Waals surface area contributed by atoms with Crippen molar-refractivity contribution in [2.45, 2.75) is 69.4 Å². The minimum Gasteiger partial charge on any atom is -0.434 e. The van der Waals surface area contributed by atoms with E-state index in [9.17, 15) is 23.6 Å². The molecule has 4 aliphatic heterocycles. The number of amides is 4. The van der Waals surface area contributed by atoms with Gasteiger partial charge in [0, 0.05) is 75.8 Å². The maximum atomic E-state index is 15.6. The van der Waals surface area contributed by atoms with Crippen LogP contribution in [0.15, 0.2) is 66.9 Å². The molecule has 5 atom stereocenters. The van der Waals surface area contributed by atoms with Crippen LogP contribution in [0.5, 0.6) is 0 Å². The van der Waals surface area contributed by atoms with Crippen molar-refractivity contribution in [2.75, 3.05) is 39.4 Å². The highest BCUT2D eigenvalue weighted by Crippen LogP contribution is 2.41. The van der Waals surface area contributed by atoms with Crippen LogP contribution < -0.4 is 10.6 Å². The van der Waals surface area contributed by atoms with E-state index in [1.807, 2.05) is 34.9 Å².